The molecule has 11 nitrogen and oxygen atoms in total. The smallest absolute Gasteiger partial charge is 0.409 e. The average Bonchev–Trinajstić information content (AvgIpc) is 2.67. The zero-order valence-corrected chi connectivity index (χ0v) is 21.1. The Bertz CT molecular complexity index is 873. The number of nitrogens with zero attached hydrogens (tertiary/aromatic N) is 1. The minimum absolute atomic E-state index is 0.214. The van der Waals surface area contributed by atoms with E-state index in [4.69, 9.17) is 49.0 Å². The first-order valence-electron chi connectivity index (χ1n) is 9.37. The molecule has 1 saturated heterocycles. The third-order valence-corrected chi connectivity index (χ3v) is 5.80. The number of β-lactam (4-membered cyclic amide) rings is 1. The topological polar surface area (TPSA) is 140 Å². The van der Waals surface area contributed by atoms with E-state index in [9.17, 15) is 24.0 Å². The van der Waals surface area contributed by atoms with Gasteiger partial charge in [-0.2, -0.15) is 0 Å². The Hall–Kier alpha value is -1.89. The van der Waals surface area contributed by atoms with Crippen LogP contribution in [0.15, 0.2) is 11.0 Å². The molecule has 0 aliphatic carbocycles. The second-order valence-corrected chi connectivity index (χ2v) is 11.5. The number of hydrogen-bond donors (Lipinski definition) is 2. The van der Waals surface area contributed by atoms with Crippen LogP contribution in [0.5, 0.6) is 0 Å². The first-order chi connectivity index (χ1) is 15.1. The van der Waals surface area contributed by atoms with E-state index in [-0.39, 0.29) is 18.6 Å². The van der Waals surface area contributed by atoms with Crippen molar-refractivity contribution >= 4 is 76.9 Å². The maximum absolute atomic E-state index is 13.2. The van der Waals surface area contributed by atoms with E-state index in [1.807, 2.05) is 0 Å². The lowest BCUT2D eigenvalue weighted by atomic mass is 9.92. The van der Waals surface area contributed by atoms with Crippen molar-refractivity contribution in [1.29, 1.82) is 0 Å². The van der Waals surface area contributed by atoms with Crippen molar-refractivity contribution < 1.29 is 38.2 Å². The number of carbonyl (C=O) groups excluding carboxylic acids is 5. The van der Waals surface area contributed by atoms with Crippen molar-refractivity contribution in [3.05, 3.63) is 11.0 Å². The van der Waals surface area contributed by atoms with Crippen LogP contribution in [0.3, 0.4) is 0 Å². The van der Waals surface area contributed by atoms with Crippen LogP contribution in [-0.4, -0.2) is 74.9 Å². The standard InChI is InChI=1S/C18H22Cl3N3O8S/c1-9(26)30-5-10-6-33-14-18(22-8-25,23-15(29)31-7-17(19,20)21)13(28)24(14)11(10)12(27)32-16(2,3)4/h6,8,11,14H,5,7H2,1-4H3,(H,22,25)(H,23,29)/t11?,14-,18-/m1/s1. The molecule has 0 radical (unpaired) electrons. The number of halogens is 3. The van der Waals surface area contributed by atoms with Gasteiger partial charge in [-0.15, -0.1) is 11.8 Å². The molecule has 3 amide bonds. The van der Waals surface area contributed by atoms with Crippen molar-refractivity contribution in [2.45, 2.75) is 54.2 Å². The molecular formula is C18H22Cl3N3O8S. The summed E-state index contributed by atoms with van der Waals surface area (Å²) in [7, 11) is 0. The number of rotatable bonds is 7. The minimum atomic E-state index is -1.94. The van der Waals surface area contributed by atoms with Gasteiger partial charge in [-0.05, 0) is 26.2 Å². The van der Waals surface area contributed by atoms with Gasteiger partial charge in [-0.3, -0.25) is 19.7 Å². The quantitative estimate of drug-likeness (QED) is 0.122. The van der Waals surface area contributed by atoms with Crippen LogP contribution in [0.25, 0.3) is 0 Å². The molecule has 1 fully saturated rings. The van der Waals surface area contributed by atoms with Gasteiger partial charge in [-0.25, -0.2) is 9.59 Å². The summed E-state index contributed by atoms with van der Waals surface area (Å²) in [5.74, 6) is -2.20. The van der Waals surface area contributed by atoms with E-state index in [2.05, 4.69) is 10.6 Å². The number of carbonyl (C=O) groups is 5. The molecule has 0 aromatic carbocycles. The van der Waals surface area contributed by atoms with Crippen molar-refractivity contribution in [3.63, 3.8) is 0 Å². The van der Waals surface area contributed by atoms with E-state index in [1.165, 1.54) is 12.3 Å². The van der Waals surface area contributed by atoms with E-state index >= 15 is 0 Å². The molecule has 184 valence electrons. The Labute approximate surface area is 208 Å². The molecule has 0 aromatic heterocycles. The molecule has 3 atom stereocenters. The summed E-state index contributed by atoms with van der Waals surface area (Å²) in [6, 6.07) is -1.26. The zero-order chi connectivity index (χ0) is 25.2. The summed E-state index contributed by atoms with van der Waals surface area (Å²) in [6.45, 7) is 5.25. The van der Waals surface area contributed by atoms with Gasteiger partial charge in [0.1, 0.15) is 24.2 Å². The lowest BCUT2D eigenvalue weighted by molar-refractivity contribution is -0.177. The van der Waals surface area contributed by atoms with Gasteiger partial charge >= 0.3 is 18.0 Å². The fourth-order valence-corrected chi connectivity index (χ4v) is 4.46. The summed E-state index contributed by atoms with van der Waals surface area (Å²) in [5.41, 5.74) is -2.54. The fraction of sp³-hybridized carbons (Fsp3) is 0.611. The first kappa shape index (κ1) is 27.4. The summed E-state index contributed by atoms with van der Waals surface area (Å²) in [4.78, 5) is 62.0. The Morgan fingerprint density at radius 1 is 1.24 bits per heavy atom. The third-order valence-electron chi connectivity index (χ3n) is 4.20. The Morgan fingerprint density at radius 2 is 1.88 bits per heavy atom. The molecule has 2 N–H and O–H groups in total. The number of fused-ring (bicyclic) bond motifs is 1. The lowest BCUT2D eigenvalue weighted by Crippen LogP contribution is -2.87. The van der Waals surface area contributed by atoms with Gasteiger partial charge in [0.2, 0.25) is 15.9 Å². The van der Waals surface area contributed by atoms with Crippen LogP contribution in [0.4, 0.5) is 4.79 Å². The van der Waals surface area contributed by atoms with Gasteiger partial charge in [0.25, 0.3) is 5.91 Å². The number of thioether (sulfide) groups is 1. The number of alkyl carbamates (subject to hydrolysis) is 1. The molecule has 0 bridgehead atoms. The highest BCUT2D eigenvalue weighted by molar-refractivity contribution is 8.03. The second-order valence-electron chi connectivity index (χ2n) is 8.00. The van der Waals surface area contributed by atoms with Gasteiger partial charge in [0.05, 0.1) is 0 Å². The van der Waals surface area contributed by atoms with Crippen molar-refractivity contribution in [2.75, 3.05) is 13.2 Å². The maximum atomic E-state index is 13.2. The van der Waals surface area contributed by atoms with Crippen LogP contribution in [0.1, 0.15) is 27.7 Å². The molecule has 15 heteroatoms. The van der Waals surface area contributed by atoms with Gasteiger partial charge in [0, 0.05) is 12.5 Å². The van der Waals surface area contributed by atoms with E-state index < -0.39 is 57.0 Å². The van der Waals surface area contributed by atoms with E-state index in [0.29, 0.717) is 0 Å². The molecule has 2 aliphatic heterocycles. The zero-order valence-electron chi connectivity index (χ0n) is 18.0. The van der Waals surface area contributed by atoms with Gasteiger partial charge < -0.3 is 24.4 Å². The number of esters is 2. The molecule has 2 rings (SSSR count). The number of amides is 3. The minimum Gasteiger partial charge on any atom is -0.461 e. The first-order valence-corrected chi connectivity index (χ1v) is 11.5. The second kappa shape index (κ2) is 10.2. The Kier molecular flexibility index (Phi) is 8.42. The van der Waals surface area contributed by atoms with E-state index in [0.717, 1.165) is 16.7 Å². The van der Waals surface area contributed by atoms with Crippen LogP contribution >= 0.6 is 46.6 Å². The third kappa shape index (κ3) is 6.58. The van der Waals surface area contributed by atoms with Gasteiger partial charge in [-0.1, -0.05) is 34.8 Å². The highest BCUT2D eigenvalue weighted by atomic mass is 35.6. The molecule has 1 unspecified atom stereocenters. The number of alkyl halides is 3. The highest BCUT2D eigenvalue weighted by Crippen LogP contribution is 2.45. The van der Waals surface area contributed by atoms with Crippen molar-refractivity contribution in [1.82, 2.24) is 15.5 Å². The normalized spacial score (nSPS) is 24.5. The fourth-order valence-electron chi connectivity index (χ4n) is 3.02. The lowest BCUT2D eigenvalue weighted by Gasteiger charge is -2.57. The van der Waals surface area contributed by atoms with Crippen LogP contribution in [-0.2, 0) is 33.4 Å². The van der Waals surface area contributed by atoms with E-state index in [1.54, 1.807) is 20.8 Å². The largest absolute Gasteiger partial charge is 0.461 e. The Morgan fingerprint density at radius 3 is 2.39 bits per heavy atom. The summed E-state index contributed by atoms with van der Waals surface area (Å²) in [6.07, 6.45) is -0.932. The van der Waals surface area contributed by atoms with Crippen molar-refractivity contribution in [3.8, 4) is 0 Å². The summed E-state index contributed by atoms with van der Waals surface area (Å²) in [5, 5.41) is 5.08. The molecule has 0 aromatic rings. The van der Waals surface area contributed by atoms with Crippen LogP contribution in [0, 0.1) is 0 Å². The average molecular weight is 547 g/mol. The molecule has 2 heterocycles. The number of ether oxygens (including phenoxy) is 3. The maximum Gasteiger partial charge on any atom is 0.409 e. The monoisotopic (exact) mass is 545 g/mol. The molecular weight excluding hydrogens is 525 g/mol. The number of hydrogen-bond acceptors (Lipinski definition) is 9. The SMILES string of the molecule is CC(=O)OCC1=CS[C@H]2N(C(=O)[C@@]2(NC=O)NC(=O)OCC(Cl)(Cl)Cl)C1C(=O)OC(C)(C)C. The molecule has 0 spiro atoms. The van der Waals surface area contributed by atoms with Crippen LogP contribution < -0.4 is 10.6 Å². The molecule has 33 heavy (non-hydrogen) atoms. The predicted molar refractivity (Wildman–Crippen MR) is 119 cm³/mol. The van der Waals surface area contributed by atoms with Crippen LogP contribution in [0.2, 0.25) is 0 Å². The van der Waals surface area contributed by atoms with Gasteiger partial charge in [0.15, 0.2) is 6.04 Å². The summed E-state index contributed by atoms with van der Waals surface area (Å²) >= 11 is 17.7. The highest BCUT2D eigenvalue weighted by Gasteiger charge is 2.67. The Balaban J connectivity index is 2.34. The molecule has 2 aliphatic rings. The van der Waals surface area contributed by atoms with Crippen molar-refractivity contribution in [2.24, 2.45) is 0 Å². The number of nitrogens with one attached hydrogen (secondary N) is 2. The summed E-state index contributed by atoms with van der Waals surface area (Å²) < 4.78 is 13.3. The predicted octanol–water partition coefficient (Wildman–Crippen LogP) is 1.60. The molecule has 0 saturated carbocycles.